The van der Waals surface area contributed by atoms with Gasteiger partial charge in [0.15, 0.2) is 6.61 Å². The predicted molar refractivity (Wildman–Crippen MR) is 133 cm³/mol. The highest BCUT2D eigenvalue weighted by atomic mass is 35.5. The van der Waals surface area contributed by atoms with Crippen molar-refractivity contribution in [3.63, 3.8) is 0 Å². The van der Waals surface area contributed by atoms with E-state index in [1.165, 1.54) is 17.8 Å². The predicted octanol–water partition coefficient (Wildman–Crippen LogP) is 4.45. The Morgan fingerprint density at radius 2 is 1.76 bits per heavy atom. The summed E-state index contributed by atoms with van der Waals surface area (Å²) in [5.41, 5.74) is 2.73. The number of hydrogen-bond donors (Lipinski definition) is 0. The Bertz CT molecular complexity index is 1360. The number of halogens is 1. The van der Waals surface area contributed by atoms with Gasteiger partial charge >= 0.3 is 0 Å². The lowest BCUT2D eigenvalue weighted by Crippen LogP contribution is -2.38. The number of amides is 1. The maximum Gasteiger partial charge on any atom is 0.296 e. The number of carbonyl (C=O) groups is 1. The molecule has 0 atom stereocenters. The third kappa shape index (κ3) is 4.98. The van der Waals surface area contributed by atoms with Crippen molar-refractivity contribution in [1.29, 1.82) is 0 Å². The van der Waals surface area contributed by atoms with Crippen LogP contribution in [-0.4, -0.2) is 45.1 Å². The summed E-state index contributed by atoms with van der Waals surface area (Å²) in [6.07, 6.45) is 3.68. The zero-order valence-corrected chi connectivity index (χ0v) is 20.0. The van der Waals surface area contributed by atoms with Crippen molar-refractivity contribution >= 4 is 33.8 Å². The van der Waals surface area contributed by atoms with Crippen LogP contribution in [0.15, 0.2) is 58.7 Å². The van der Waals surface area contributed by atoms with Gasteiger partial charge in [0.05, 0.1) is 5.69 Å². The molecule has 0 unspecified atom stereocenters. The van der Waals surface area contributed by atoms with E-state index in [-0.39, 0.29) is 18.1 Å². The molecule has 1 fully saturated rings. The van der Waals surface area contributed by atoms with Crippen LogP contribution in [-0.2, 0) is 11.2 Å². The Labute approximate surface area is 205 Å². The van der Waals surface area contributed by atoms with Crippen LogP contribution in [0, 0.1) is 0 Å². The lowest BCUT2D eigenvalue weighted by atomic mass is 10.1. The van der Waals surface area contributed by atoms with Crippen LogP contribution in [0.2, 0.25) is 5.02 Å². The number of thiazole rings is 1. The van der Waals surface area contributed by atoms with E-state index < -0.39 is 0 Å². The minimum atomic E-state index is -0.328. The molecular formula is C25H23ClN4O3S. The van der Waals surface area contributed by atoms with Gasteiger partial charge < -0.3 is 9.64 Å². The van der Waals surface area contributed by atoms with Crippen molar-refractivity contribution in [2.45, 2.75) is 25.7 Å². The lowest BCUT2D eigenvalue weighted by Gasteiger charge is -2.26. The number of aromatic nitrogens is 3. The summed E-state index contributed by atoms with van der Waals surface area (Å²) in [5.74, 6) is 0.662. The number of rotatable bonds is 6. The Balaban J connectivity index is 1.32. The molecule has 3 heterocycles. The van der Waals surface area contributed by atoms with Crippen molar-refractivity contribution < 1.29 is 9.53 Å². The van der Waals surface area contributed by atoms with E-state index in [1.807, 2.05) is 46.7 Å². The molecule has 2 aromatic heterocycles. The SMILES string of the molecule is O=C(COc1ccc(-c2csc3nc(=O)c(Cc4ccc(Cl)cc4)nn23)cc1)N1CCCCC1. The fourth-order valence-electron chi connectivity index (χ4n) is 4.00. The average Bonchev–Trinajstić information content (AvgIpc) is 3.27. The molecular weight excluding hydrogens is 472 g/mol. The molecule has 9 heteroatoms. The first-order valence-corrected chi connectivity index (χ1v) is 12.5. The molecule has 5 rings (SSSR count). The van der Waals surface area contributed by atoms with Gasteiger partial charge in [-0.3, -0.25) is 9.59 Å². The van der Waals surface area contributed by atoms with Crippen LogP contribution in [0.25, 0.3) is 16.2 Å². The summed E-state index contributed by atoms with van der Waals surface area (Å²) < 4.78 is 7.42. The number of ether oxygens (including phenoxy) is 1. The molecule has 0 saturated carbocycles. The van der Waals surface area contributed by atoms with Crippen LogP contribution in [0.3, 0.4) is 0 Å². The van der Waals surface area contributed by atoms with E-state index in [0.717, 1.165) is 42.8 Å². The highest BCUT2D eigenvalue weighted by molar-refractivity contribution is 7.15. The van der Waals surface area contributed by atoms with Gasteiger partial charge in [0.2, 0.25) is 4.96 Å². The quantitative estimate of drug-likeness (QED) is 0.395. The highest BCUT2D eigenvalue weighted by Crippen LogP contribution is 2.26. The third-order valence-corrected chi connectivity index (χ3v) is 6.92. The summed E-state index contributed by atoms with van der Waals surface area (Å²) in [7, 11) is 0. The van der Waals surface area contributed by atoms with Crippen molar-refractivity contribution in [2.75, 3.05) is 19.7 Å². The molecule has 0 radical (unpaired) electrons. The van der Waals surface area contributed by atoms with Crippen molar-refractivity contribution in [2.24, 2.45) is 0 Å². The number of likely N-dealkylation sites (tertiary alicyclic amines) is 1. The smallest absolute Gasteiger partial charge is 0.296 e. The second kappa shape index (κ2) is 9.95. The van der Waals surface area contributed by atoms with E-state index in [1.54, 1.807) is 16.6 Å². The summed E-state index contributed by atoms with van der Waals surface area (Å²) in [6, 6.07) is 14.9. The fraction of sp³-hybridized carbons (Fsp3) is 0.280. The molecule has 0 bridgehead atoms. The Hall–Kier alpha value is -3.23. The van der Waals surface area contributed by atoms with Crippen molar-refractivity contribution in [3.05, 3.63) is 80.5 Å². The molecule has 1 amide bonds. The molecule has 0 spiro atoms. The zero-order chi connectivity index (χ0) is 23.5. The minimum Gasteiger partial charge on any atom is -0.484 e. The zero-order valence-electron chi connectivity index (χ0n) is 18.4. The first-order valence-electron chi connectivity index (χ1n) is 11.2. The van der Waals surface area contributed by atoms with Crippen LogP contribution in [0.5, 0.6) is 5.75 Å². The largest absolute Gasteiger partial charge is 0.484 e. The molecule has 174 valence electrons. The number of fused-ring (bicyclic) bond motifs is 1. The van der Waals surface area contributed by atoms with Gasteiger partial charge in [0.1, 0.15) is 11.4 Å². The van der Waals surface area contributed by atoms with Gasteiger partial charge in [0, 0.05) is 35.5 Å². The van der Waals surface area contributed by atoms with Crippen LogP contribution >= 0.6 is 22.9 Å². The molecule has 1 saturated heterocycles. The van der Waals surface area contributed by atoms with Gasteiger partial charge in [-0.15, -0.1) is 11.3 Å². The topological polar surface area (TPSA) is 76.8 Å². The first kappa shape index (κ1) is 22.6. The maximum absolute atomic E-state index is 12.5. The Kier molecular flexibility index (Phi) is 6.60. The van der Waals surface area contributed by atoms with Gasteiger partial charge in [-0.2, -0.15) is 10.1 Å². The summed E-state index contributed by atoms with van der Waals surface area (Å²) in [4.78, 5) is 31.4. The summed E-state index contributed by atoms with van der Waals surface area (Å²) in [5, 5.41) is 7.17. The molecule has 2 aromatic carbocycles. The molecule has 0 aliphatic carbocycles. The second-order valence-corrected chi connectivity index (χ2v) is 9.51. The molecule has 7 nitrogen and oxygen atoms in total. The average molecular weight is 495 g/mol. The molecule has 34 heavy (non-hydrogen) atoms. The minimum absolute atomic E-state index is 0.0278. The highest BCUT2D eigenvalue weighted by Gasteiger charge is 2.17. The van der Waals surface area contributed by atoms with Gasteiger partial charge in [0.25, 0.3) is 11.5 Å². The maximum atomic E-state index is 12.5. The van der Waals surface area contributed by atoms with E-state index in [4.69, 9.17) is 16.3 Å². The number of hydrogen-bond acceptors (Lipinski definition) is 6. The normalized spacial score (nSPS) is 13.9. The lowest BCUT2D eigenvalue weighted by molar-refractivity contribution is -0.134. The third-order valence-electron chi connectivity index (χ3n) is 5.86. The van der Waals surface area contributed by atoms with Crippen LogP contribution in [0.4, 0.5) is 0 Å². The number of benzene rings is 2. The Morgan fingerprint density at radius 3 is 2.50 bits per heavy atom. The Morgan fingerprint density at radius 1 is 1.03 bits per heavy atom. The second-order valence-electron chi connectivity index (χ2n) is 8.24. The first-order chi connectivity index (χ1) is 16.6. The number of piperidine rings is 1. The fourth-order valence-corrected chi connectivity index (χ4v) is 4.95. The van der Waals surface area contributed by atoms with Gasteiger partial charge in [-0.1, -0.05) is 23.7 Å². The summed E-state index contributed by atoms with van der Waals surface area (Å²) >= 11 is 7.32. The number of carbonyl (C=O) groups excluding carboxylic acids is 1. The monoisotopic (exact) mass is 494 g/mol. The summed E-state index contributed by atoms with van der Waals surface area (Å²) in [6.45, 7) is 1.67. The van der Waals surface area contributed by atoms with Crippen molar-refractivity contribution in [3.8, 4) is 17.0 Å². The van der Waals surface area contributed by atoms with E-state index in [2.05, 4.69) is 10.1 Å². The van der Waals surface area contributed by atoms with E-state index in [9.17, 15) is 9.59 Å². The van der Waals surface area contributed by atoms with E-state index in [0.29, 0.717) is 27.8 Å². The van der Waals surface area contributed by atoms with Crippen LogP contribution < -0.4 is 10.3 Å². The number of nitrogens with zero attached hydrogens (tertiary/aromatic N) is 4. The molecule has 4 aromatic rings. The van der Waals surface area contributed by atoms with Gasteiger partial charge in [-0.05, 0) is 61.2 Å². The molecule has 1 aliphatic heterocycles. The molecule has 0 N–H and O–H groups in total. The van der Waals surface area contributed by atoms with Gasteiger partial charge in [-0.25, -0.2) is 4.52 Å². The standard InChI is InChI=1S/C25H23ClN4O3S/c26-19-8-4-17(5-9-19)14-21-24(32)27-25-30(28-21)22(16-34-25)18-6-10-20(11-7-18)33-15-23(31)29-12-2-1-3-13-29/h4-11,16H,1-3,12-15H2. The van der Waals surface area contributed by atoms with Crippen molar-refractivity contribution in [1.82, 2.24) is 19.5 Å². The van der Waals surface area contributed by atoms with Crippen LogP contribution in [0.1, 0.15) is 30.5 Å². The molecule has 1 aliphatic rings. The van der Waals surface area contributed by atoms with E-state index >= 15 is 0 Å².